The molecule has 8 nitrogen and oxygen atoms in total. The monoisotopic (exact) mass is 663 g/mol. The summed E-state index contributed by atoms with van der Waals surface area (Å²) in [7, 11) is 0. The Bertz CT molecular complexity index is 1770. The van der Waals surface area contributed by atoms with Crippen LogP contribution in [0.15, 0.2) is 70.6 Å². The molecule has 3 heterocycles. The standard InChI is InChI=1S/C41H50N4O4/c1-2-3-4-8-26(46)20-27(47)16-14-25-15-17-36(48)37(19-25)49-24-45-22-30-33(21-43-35(30)23-45)41-18-7-12-31(41)28-9-6-13-34-39(28)38-29(40(42)44-34)10-5-11-32(38)41/h5,10-11,15,17,19,21-22,26,28,31,40,44,46,48H,2-4,6-9,12-14,16,18,20,23-24,42H2,1H3/p+1. The van der Waals surface area contributed by atoms with Gasteiger partial charge in [0.05, 0.1) is 11.7 Å². The van der Waals surface area contributed by atoms with E-state index in [9.17, 15) is 15.0 Å². The van der Waals surface area contributed by atoms with Gasteiger partial charge in [0.15, 0.2) is 11.5 Å². The first-order valence-electron chi connectivity index (χ1n) is 18.7. The third-order valence-electron chi connectivity index (χ3n) is 12.3. The van der Waals surface area contributed by atoms with E-state index in [0.717, 1.165) is 54.8 Å². The Morgan fingerprint density at radius 3 is 2.98 bits per heavy atom. The lowest BCUT2D eigenvalue weighted by Gasteiger charge is -2.52. The van der Waals surface area contributed by atoms with E-state index in [1.54, 1.807) is 11.6 Å². The van der Waals surface area contributed by atoms with Gasteiger partial charge in [-0.3, -0.25) is 14.7 Å². The number of phenolic OH excluding ortho intramolecular Hbond substituents is 1. The maximum Gasteiger partial charge on any atom is 0.227 e. The van der Waals surface area contributed by atoms with Crippen molar-refractivity contribution < 1.29 is 24.6 Å². The molecule has 6 unspecified atom stereocenters. The van der Waals surface area contributed by atoms with Crippen LogP contribution in [0.3, 0.4) is 0 Å². The number of aryl methyl sites for hydroxylation is 1. The number of carbonyl (C=O) groups is 1. The predicted molar refractivity (Wildman–Crippen MR) is 191 cm³/mol. The minimum Gasteiger partial charge on any atom is -0.504 e. The van der Waals surface area contributed by atoms with Crippen molar-refractivity contribution in [3.63, 3.8) is 0 Å². The molecule has 3 aliphatic carbocycles. The van der Waals surface area contributed by atoms with Crippen LogP contribution in [-0.4, -0.2) is 41.1 Å². The highest BCUT2D eigenvalue weighted by Gasteiger charge is 2.58. The van der Waals surface area contributed by atoms with Crippen molar-refractivity contribution in [3.05, 3.63) is 87.9 Å². The average Bonchev–Trinajstić information content (AvgIpc) is 3.82. The molecule has 0 aromatic heterocycles. The highest BCUT2D eigenvalue weighted by molar-refractivity contribution is 6.09. The molecule has 8 heteroatoms. The molecule has 0 bridgehead atoms. The molecule has 6 N–H and O–H groups in total. The van der Waals surface area contributed by atoms with E-state index in [2.05, 4.69) is 42.8 Å². The van der Waals surface area contributed by atoms with Gasteiger partial charge in [-0.15, -0.1) is 0 Å². The van der Waals surface area contributed by atoms with Crippen LogP contribution in [-0.2, 0) is 16.6 Å². The van der Waals surface area contributed by atoms with E-state index in [1.165, 1.54) is 59.2 Å². The van der Waals surface area contributed by atoms with Crippen LogP contribution in [0, 0.1) is 11.8 Å². The van der Waals surface area contributed by atoms with Crippen molar-refractivity contribution in [3.8, 4) is 11.5 Å². The molecule has 3 aliphatic heterocycles. The highest BCUT2D eigenvalue weighted by Crippen LogP contribution is 2.65. The van der Waals surface area contributed by atoms with Gasteiger partial charge in [-0.2, -0.15) is 0 Å². The first-order valence-corrected chi connectivity index (χ1v) is 18.7. The molecule has 0 spiro atoms. The number of fused-ring (bicyclic) bond motifs is 4. The predicted octanol–water partition coefficient (Wildman–Crippen LogP) is 5.51. The number of rotatable bonds is 13. The van der Waals surface area contributed by atoms with Crippen molar-refractivity contribution in [2.45, 2.75) is 108 Å². The molecule has 2 aromatic carbocycles. The number of Topliss-reactive ketones (excluding diaryl/α,β-unsaturated/α-hetero) is 1. The van der Waals surface area contributed by atoms with Gasteiger partial charge < -0.3 is 26.0 Å². The number of nitrogens with zero attached hydrogens (tertiary/aromatic N) is 1. The molecule has 49 heavy (non-hydrogen) atoms. The number of aliphatic hydroxyl groups excluding tert-OH is 1. The zero-order chi connectivity index (χ0) is 33.7. The fraction of sp³-hybridized carbons (Fsp3) is 0.512. The van der Waals surface area contributed by atoms with Gasteiger partial charge in [0.25, 0.3) is 0 Å². The first-order chi connectivity index (χ1) is 23.9. The Labute approximate surface area is 289 Å². The number of carbonyl (C=O) groups excluding carboxylic acids is 1. The second-order valence-corrected chi connectivity index (χ2v) is 15.2. The maximum atomic E-state index is 12.5. The fourth-order valence-corrected chi connectivity index (χ4v) is 10.1. The van der Waals surface area contributed by atoms with Crippen molar-refractivity contribution in [2.24, 2.45) is 22.6 Å². The van der Waals surface area contributed by atoms with Crippen molar-refractivity contribution in [2.75, 3.05) is 13.3 Å². The molecule has 2 aromatic rings. The zero-order valence-corrected chi connectivity index (χ0v) is 28.8. The summed E-state index contributed by atoms with van der Waals surface area (Å²) < 4.78 is 6.23. The van der Waals surface area contributed by atoms with Crippen molar-refractivity contribution in [1.29, 1.82) is 0 Å². The number of aromatic hydroxyl groups is 1. The van der Waals surface area contributed by atoms with E-state index < -0.39 is 6.10 Å². The van der Waals surface area contributed by atoms with E-state index in [1.807, 2.05) is 12.1 Å². The molecule has 0 amide bonds. The lowest BCUT2D eigenvalue weighted by molar-refractivity contribution is -0.851. The minimum absolute atomic E-state index is 0.0671. The summed E-state index contributed by atoms with van der Waals surface area (Å²) in [5, 5.41) is 24.5. The summed E-state index contributed by atoms with van der Waals surface area (Å²) in [5.41, 5.74) is 18.4. The van der Waals surface area contributed by atoms with Crippen LogP contribution in [0.1, 0.15) is 112 Å². The highest BCUT2D eigenvalue weighted by atomic mass is 16.5. The summed E-state index contributed by atoms with van der Waals surface area (Å²) in [6, 6.07) is 12.2. The molecule has 6 atom stereocenters. The van der Waals surface area contributed by atoms with Gasteiger partial charge in [-0.05, 0) is 102 Å². The number of nitrogens with two attached hydrogens (primary N) is 1. The van der Waals surface area contributed by atoms with Crippen molar-refractivity contribution in [1.82, 2.24) is 5.32 Å². The minimum atomic E-state index is -0.560. The number of hydrogen-bond acceptors (Lipinski definition) is 7. The Morgan fingerprint density at radius 2 is 2.10 bits per heavy atom. The molecule has 8 rings (SSSR count). The smallest absolute Gasteiger partial charge is 0.227 e. The largest absolute Gasteiger partial charge is 0.504 e. The topological polar surface area (TPSA) is 122 Å². The molecule has 6 aliphatic rings. The number of ketones is 1. The number of benzene rings is 2. The summed E-state index contributed by atoms with van der Waals surface area (Å²) >= 11 is 0. The normalized spacial score (nSPS) is 28.2. The molecular formula is C41H51N4O4+. The number of phenols is 1. The van der Waals surface area contributed by atoms with Crippen LogP contribution in [0.4, 0.5) is 0 Å². The average molecular weight is 664 g/mol. The molecule has 0 radical (unpaired) electrons. The van der Waals surface area contributed by atoms with E-state index in [0.29, 0.717) is 43.6 Å². The Morgan fingerprint density at radius 1 is 1.20 bits per heavy atom. The maximum absolute atomic E-state index is 12.5. The molecular weight excluding hydrogens is 612 g/mol. The summed E-state index contributed by atoms with van der Waals surface area (Å²) in [5.74, 6) is 1.69. The van der Waals surface area contributed by atoms with Crippen LogP contribution in [0.2, 0.25) is 0 Å². The van der Waals surface area contributed by atoms with Crippen LogP contribution in [0.25, 0.3) is 5.57 Å². The van der Waals surface area contributed by atoms with Gasteiger partial charge in [-0.1, -0.05) is 56.9 Å². The molecule has 1 saturated carbocycles. The van der Waals surface area contributed by atoms with Crippen LogP contribution in [0.5, 0.6) is 11.5 Å². The second-order valence-electron chi connectivity index (χ2n) is 15.2. The number of aliphatic imine (C=N–C) groups is 1. The summed E-state index contributed by atoms with van der Waals surface area (Å²) in [4.78, 5) is 18.7. The number of unbranched alkanes of at least 4 members (excludes halogenated alkanes) is 2. The zero-order valence-electron chi connectivity index (χ0n) is 28.8. The third kappa shape index (κ3) is 5.66. The Kier molecular flexibility index (Phi) is 8.75. The number of allylic oxidation sites excluding steroid dienone is 3. The number of ether oxygens (including phenoxy) is 1. The molecule has 0 saturated heterocycles. The van der Waals surface area contributed by atoms with Crippen LogP contribution >= 0.6 is 0 Å². The van der Waals surface area contributed by atoms with Gasteiger partial charge in [0.2, 0.25) is 6.73 Å². The first kappa shape index (κ1) is 32.5. The SMILES string of the molecule is CCCCCC(O)CC(=O)CCc1ccc(O)c(OC[NH+]2C=C3C(C45CCCC4C4CCCC6=C4c4c(cccc45)C(N)N6)=CN=C3C2)c1. The number of aliphatic hydroxyl groups is 1. The van der Waals surface area contributed by atoms with Gasteiger partial charge in [-0.25, -0.2) is 0 Å². The lowest BCUT2D eigenvalue weighted by atomic mass is 9.52. The van der Waals surface area contributed by atoms with E-state index >= 15 is 0 Å². The molecule has 258 valence electrons. The van der Waals surface area contributed by atoms with Crippen molar-refractivity contribution >= 4 is 17.1 Å². The number of hydrogen-bond donors (Lipinski definition) is 5. The fourth-order valence-electron chi connectivity index (χ4n) is 10.1. The molecule has 1 fully saturated rings. The van der Waals surface area contributed by atoms with Gasteiger partial charge in [0.1, 0.15) is 30.4 Å². The second kappa shape index (κ2) is 13.2. The van der Waals surface area contributed by atoms with E-state index in [4.69, 9.17) is 15.5 Å². The quantitative estimate of drug-likeness (QED) is 0.181. The summed E-state index contributed by atoms with van der Waals surface area (Å²) in [6.45, 7) is 3.24. The van der Waals surface area contributed by atoms with Crippen LogP contribution < -0.4 is 20.7 Å². The third-order valence-corrected chi connectivity index (χ3v) is 12.3. The summed E-state index contributed by atoms with van der Waals surface area (Å²) in [6.07, 6.45) is 15.8. The van der Waals surface area contributed by atoms with E-state index in [-0.39, 0.29) is 29.5 Å². The lowest BCUT2D eigenvalue weighted by Crippen LogP contribution is -3.07. The number of quaternary nitrogens is 1. The van der Waals surface area contributed by atoms with Gasteiger partial charge >= 0.3 is 0 Å². The number of nitrogens with one attached hydrogen (secondary N) is 2. The van der Waals surface area contributed by atoms with Gasteiger partial charge in [0, 0.05) is 30.2 Å². The Balaban J connectivity index is 0.982. The Hall–Kier alpha value is -3.72.